The fourth-order valence-corrected chi connectivity index (χ4v) is 2.87. The number of halogens is 2. The molecule has 1 aromatic heterocycles. The van der Waals surface area contributed by atoms with Gasteiger partial charge in [0.05, 0.1) is 11.3 Å². The maximum Gasteiger partial charge on any atom is 0.340 e. The average Bonchev–Trinajstić information content (AvgIpc) is 2.70. The Balaban J connectivity index is 2.31. The van der Waals surface area contributed by atoms with Crippen LogP contribution >= 0.6 is 27.5 Å². The van der Waals surface area contributed by atoms with Gasteiger partial charge in [-0.3, -0.25) is 4.79 Å². The molecule has 0 spiro atoms. The number of nitrogens with zero attached hydrogens (tertiary/aromatic N) is 1. The number of amides is 1. The monoisotopic (exact) mass is 358 g/mol. The molecule has 20 heavy (non-hydrogen) atoms. The van der Waals surface area contributed by atoms with Crippen LogP contribution in [0.3, 0.4) is 0 Å². The van der Waals surface area contributed by atoms with Crippen LogP contribution in [-0.2, 0) is 0 Å². The summed E-state index contributed by atoms with van der Waals surface area (Å²) in [6, 6.07) is 3.61. The summed E-state index contributed by atoms with van der Waals surface area (Å²) in [5.41, 5.74) is 0.492. The van der Waals surface area contributed by atoms with Crippen molar-refractivity contribution < 1.29 is 19.1 Å². The first-order chi connectivity index (χ1) is 9.40. The summed E-state index contributed by atoms with van der Waals surface area (Å²) in [7, 11) is 0. The van der Waals surface area contributed by atoms with Gasteiger partial charge in [-0.1, -0.05) is 0 Å². The van der Waals surface area contributed by atoms with Crippen LogP contribution in [0.15, 0.2) is 22.7 Å². The highest BCUT2D eigenvalue weighted by Crippen LogP contribution is 2.26. The second kappa shape index (κ2) is 5.68. The van der Waals surface area contributed by atoms with Gasteiger partial charge in [-0.05, 0) is 52.6 Å². The summed E-state index contributed by atoms with van der Waals surface area (Å²) in [4.78, 5) is 23.1. The summed E-state index contributed by atoms with van der Waals surface area (Å²) in [5, 5.41) is 11.7. The van der Waals surface area contributed by atoms with E-state index < -0.39 is 17.7 Å². The fourth-order valence-electron chi connectivity index (χ4n) is 1.55. The molecule has 1 heterocycles. The number of carboxylic acid groups (broad SMARTS) is 1. The summed E-state index contributed by atoms with van der Waals surface area (Å²) in [6.07, 6.45) is 0. The van der Waals surface area contributed by atoms with E-state index >= 15 is 0 Å². The zero-order valence-corrected chi connectivity index (χ0v) is 12.5. The van der Waals surface area contributed by atoms with Crippen molar-refractivity contribution in [2.75, 3.05) is 5.32 Å². The van der Waals surface area contributed by atoms with Gasteiger partial charge in [0.1, 0.15) is 16.4 Å². The molecule has 0 bridgehead atoms. The van der Waals surface area contributed by atoms with E-state index in [4.69, 9.17) is 5.11 Å². The number of aryl methyl sites for hydroxylation is 1. The van der Waals surface area contributed by atoms with Gasteiger partial charge in [0.2, 0.25) is 0 Å². The molecule has 0 aliphatic rings. The van der Waals surface area contributed by atoms with Crippen molar-refractivity contribution in [2.45, 2.75) is 6.92 Å². The zero-order chi connectivity index (χ0) is 14.9. The number of nitrogens with one attached hydrogen (secondary N) is 1. The van der Waals surface area contributed by atoms with E-state index in [0.29, 0.717) is 5.69 Å². The predicted octanol–water partition coefficient (Wildman–Crippen LogP) is 3.30. The molecule has 0 radical (unpaired) electrons. The number of rotatable bonds is 3. The van der Waals surface area contributed by atoms with Crippen molar-refractivity contribution >= 4 is 44.3 Å². The number of anilines is 1. The lowest BCUT2D eigenvalue weighted by Crippen LogP contribution is -2.14. The van der Waals surface area contributed by atoms with Crippen molar-refractivity contribution in [1.29, 1.82) is 0 Å². The molecule has 1 amide bonds. The van der Waals surface area contributed by atoms with Crippen LogP contribution in [0.1, 0.15) is 26.4 Å². The molecule has 0 atom stereocenters. The lowest BCUT2D eigenvalue weighted by Gasteiger charge is -2.06. The Hall–Kier alpha value is -1.80. The van der Waals surface area contributed by atoms with Crippen LogP contribution in [0.5, 0.6) is 0 Å². The minimum Gasteiger partial charge on any atom is -0.478 e. The molecule has 0 saturated heterocycles. The number of carboxylic acids is 1. The SMILES string of the molecule is Cc1nsc(NC(=O)c2ccc(F)cc2Br)c1C(=O)O. The molecule has 104 valence electrons. The minimum atomic E-state index is -1.16. The molecular formula is C12H8BrFN2O3S. The Labute approximate surface area is 125 Å². The Morgan fingerprint density at radius 1 is 1.45 bits per heavy atom. The third-order valence-electron chi connectivity index (χ3n) is 2.48. The lowest BCUT2D eigenvalue weighted by atomic mass is 10.2. The highest BCUT2D eigenvalue weighted by atomic mass is 79.9. The summed E-state index contributed by atoms with van der Waals surface area (Å²) >= 11 is 3.97. The molecule has 1 aromatic carbocycles. The Morgan fingerprint density at radius 3 is 2.75 bits per heavy atom. The normalized spacial score (nSPS) is 10.3. The summed E-state index contributed by atoms with van der Waals surface area (Å²) in [6.45, 7) is 1.55. The van der Waals surface area contributed by atoms with E-state index in [2.05, 4.69) is 25.6 Å². The number of aromatic nitrogens is 1. The first kappa shape index (κ1) is 14.6. The van der Waals surface area contributed by atoms with Crippen molar-refractivity contribution in [3.63, 3.8) is 0 Å². The molecule has 0 aliphatic carbocycles. The van der Waals surface area contributed by atoms with Crippen molar-refractivity contribution in [3.05, 3.63) is 45.3 Å². The van der Waals surface area contributed by atoms with Crippen molar-refractivity contribution in [2.24, 2.45) is 0 Å². The van der Waals surface area contributed by atoms with Gasteiger partial charge in [-0.2, -0.15) is 4.37 Å². The number of hydrogen-bond acceptors (Lipinski definition) is 4. The Bertz CT molecular complexity index is 702. The molecule has 0 saturated carbocycles. The van der Waals surface area contributed by atoms with E-state index in [0.717, 1.165) is 23.7 Å². The maximum absolute atomic E-state index is 13.0. The summed E-state index contributed by atoms with van der Waals surface area (Å²) < 4.78 is 17.1. The van der Waals surface area contributed by atoms with Crippen LogP contribution in [0.4, 0.5) is 9.39 Å². The third-order valence-corrected chi connectivity index (χ3v) is 3.99. The molecule has 2 rings (SSSR count). The second-order valence-electron chi connectivity index (χ2n) is 3.86. The molecule has 8 heteroatoms. The van der Waals surface area contributed by atoms with E-state index in [-0.39, 0.29) is 20.6 Å². The van der Waals surface area contributed by atoms with Crippen LogP contribution < -0.4 is 5.32 Å². The molecule has 0 fully saturated rings. The van der Waals surface area contributed by atoms with E-state index in [1.54, 1.807) is 6.92 Å². The number of benzene rings is 1. The number of carbonyl (C=O) groups is 2. The topological polar surface area (TPSA) is 79.3 Å². The van der Waals surface area contributed by atoms with Crippen LogP contribution in [0.25, 0.3) is 0 Å². The second-order valence-corrected chi connectivity index (χ2v) is 5.48. The van der Waals surface area contributed by atoms with Gasteiger partial charge < -0.3 is 10.4 Å². The largest absolute Gasteiger partial charge is 0.478 e. The van der Waals surface area contributed by atoms with Crippen molar-refractivity contribution in [1.82, 2.24) is 4.37 Å². The number of hydrogen-bond donors (Lipinski definition) is 2. The first-order valence-electron chi connectivity index (χ1n) is 5.36. The molecule has 0 unspecified atom stereocenters. The lowest BCUT2D eigenvalue weighted by molar-refractivity contribution is 0.0697. The van der Waals surface area contributed by atoms with Gasteiger partial charge in [-0.15, -0.1) is 0 Å². The number of aromatic carboxylic acids is 1. The predicted molar refractivity (Wildman–Crippen MR) is 75.9 cm³/mol. The smallest absolute Gasteiger partial charge is 0.340 e. The zero-order valence-electron chi connectivity index (χ0n) is 10.1. The highest BCUT2D eigenvalue weighted by Gasteiger charge is 2.20. The van der Waals surface area contributed by atoms with Crippen LogP contribution in [-0.4, -0.2) is 21.4 Å². The van der Waals surface area contributed by atoms with Gasteiger partial charge in [0, 0.05) is 4.47 Å². The fraction of sp³-hybridized carbons (Fsp3) is 0.0833. The van der Waals surface area contributed by atoms with Gasteiger partial charge in [-0.25, -0.2) is 9.18 Å². The molecule has 2 N–H and O–H groups in total. The standard InChI is InChI=1S/C12H8BrFN2O3S/c1-5-9(12(18)19)11(20-16-5)15-10(17)7-3-2-6(14)4-8(7)13/h2-4H,1H3,(H,15,17)(H,18,19). The maximum atomic E-state index is 13.0. The van der Waals surface area contributed by atoms with E-state index in [9.17, 15) is 14.0 Å². The molecular weight excluding hydrogens is 351 g/mol. The minimum absolute atomic E-state index is 0.0402. The Morgan fingerprint density at radius 2 is 2.15 bits per heavy atom. The van der Waals surface area contributed by atoms with E-state index in [1.165, 1.54) is 6.07 Å². The molecule has 2 aromatic rings. The van der Waals surface area contributed by atoms with Crippen LogP contribution in [0.2, 0.25) is 0 Å². The van der Waals surface area contributed by atoms with E-state index in [1.807, 2.05) is 0 Å². The van der Waals surface area contributed by atoms with Crippen molar-refractivity contribution in [3.8, 4) is 0 Å². The quantitative estimate of drug-likeness (QED) is 0.881. The van der Waals surface area contributed by atoms with Gasteiger partial charge in [0.25, 0.3) is 5.91 Å². The Kier molecular flexibility index (Phi) is 4.15. The first-order valence-corrected chi connectivity index (χ1v) is 6.92. The van der Waals surface area contributed by atoms with Gasteiger partial charge >= 0.3 is 5.97 Å². The summed E-state index contributed by atoms with van der Waals surface area (Å²) in [5.74, 6) is -2.18. The van der Waals surface area contributed by atoms with Crippen LogP contribution in [0, 0.1) is 12.7 Å². The third kappa shape index (κ3) is 2.86. The molecule has 5 nitrogen and oxygen atoms in total. The van der Waals surface area contributed by atoms with Gasteiger partial charge in [0.15, 0.2) is 0 Å². The number of carbonyl (C=O) groups excluding carboxylic acids is 1. The average molecular weight is 359 g/mol. The highest BCUT2D eigenvalue weighted by molar-refractivity contribution is 9.10. The molecule has 0 aliphatic heterocycles.